The second kappa shape index (κ2) is 10.0. The number of amides is 1. The molecule has 0 spiro atoms. The van der Waals surface area contributed by atoms with E-state index in [1.807, 2.05) is 34.6 Å². The Morgan fingerprint density at radius 1 is 1.19 bits per heavy atom. The number of pyridine rings is 1. The fourth-order valence-corrected chi connectivity index (χ4v) is 3.93. The zero-order valence-electron chi connectivity index (χ0n) is 18.8. The number of carbonyl (C=O) groups excluding carboxylic acids is 1. The van der Waals surface area contributed by atoms with Crippen molar-refractivity contribution in [2.24, 2.45) is 0 Å². The molecule has 1 N–H and O–H groups in total. The number of piperidine rings is 1. The Bertz CT molecular complexity index is 885. The molecule has 0 radical (unpaired) electrons. The Hall–Kier alpha value is -2.10. The number of ether oxygens (including phenoxy) is 1. The molecule has 3 heterocycles. The van der Waals surface area contributed by atoms with E-state index in [1.54, 1.807) is 30.0 Å². The molecule has 0 bridgehead atoms. The summed E-state index contributed by atoms with van der Waals surface area (Å²) in [4.78, 5) is 14.0. The van der Waals surface area contributed by atoms with Gasteiger partial charge >= 0.3 is 11.6 Å². The van der Waals surface area contributed by atoms with Crippen LogP contribution in [0.5, 0.6) is 0 Å². The van der Waals surface area contributed by atoms with Gasteiger partial charge in [0.05, 0.1) is 16.1 Å². The van der Waals surface area contributed by atoms with Crippen LogP contribution in [-0.4, -0.2) is 50.8 Å². The molecule has 0 saturated carbocycles. The Balaban J connectivity index is 0.00000166. The van der Waals surface area contributed by atoms with Crippen molar-refractivity contribution in [3.8, 4) is 0 Å². The van der Waals surface area contributed by atoms with Gasteiger partial charge in [0, 0.05) is 19.1 Å². The summed E-state index contributed by atoms with van der Waals surface area (Å²) in [5.74, 6) is 0.635. The van der Waals surface area contributed by atoms with Crippen LogP contribution in [0.2, 0.25) is 0 Å². The van der Waals surface area contributed by atoms with E-state index in [9.17, 15) is 18.0 Å². The number of aryl methyl sites for hydroxylation is 1. The first-order valence-corrected chi connectivity index (χ1v) is 11.2. The van der Waals surface area contributed by atoms with Crippen molar-refractivity contribution >= 4 is 29.2 Å². The van der Waals surface area contributed by atoms with Crippen LogP contribution in [0.25, 0.3) is 5.52 Å². The van der Waals surface area contributed by atoms with Crippen LogP contribution in [0.3, 0.4) is 0 Å². The number of alkyl halides is 3. The van der Waals surface area contributed by atoms with Gasteiger partial charge in [0.15, 0.2) is 0 Å². The average Bonchev–Trinajstić information content (AvgIpc) is 2.98. The lowest BCUT2D eigenvalue weighted by molar-refractivity contribution is -0.0328. The fraction of sp³-hybridized carbons (Fsp3) is 0.619. The van der Waals surface area contributed by atoms with E-state index < -0.39 is 11.1 Å². The van der Waals surface area contributed by atoms with Crippen LogP contribution in [0.4, 0.5) is 23.8 Å². The second-order valence-electron chi connectivity index (χ2n) is 8.06. The molecule has 1 fully saturated rings. The molecule has 1 aliphatic rings. The topological polar surface area (TPSA) is 58.9 Å². The van der Waals surface area contributed by atoms with Crippen molar-refractivity contribution in [1.82, 2.24) is 14.5 Å². The van der Waals surface area contributed by atoms with Gasteiger partial charge in [-0.2, -0.15) is 18.3 Å². The third-order valence-corrected chi connectivity index (χ3v) is 5.43. The number of carbonyl (C=O) groups is 1. The maximum absolute atomic E-state index is 12.9. The maximum atomic E-state index is 12.9. The highest BCUT2D eigenvalue weighted by Gasteiger charge is 2.32. The van der Waals surface area contributed by atoms with Crippen LogP contribution < -0.4 is 5.32 Å². The molecular weight excluding hydrogens is 429 g/mol. The normalized spacial score (nSPS) is 15.5. The van der Waals surface area contributed by atoms with Crippen molar-refractivity contribution in [1.29, 1.82) is 0 Å². The summed E-state index contributed by atoms with van der Waals surface area (Å²) in [6, 6.07) is 5.23. The molecule has 0 aliphatic carbocycles. The molecule has 174 valence electrons. The molecule has 1 saturated heterocycles. The number of halogens is 3. The first-order valence-electron chi connectivity index (χ1n) is 10.4. The van der Waals surface area contributed by atoms with E-state index in [4.69, 9.17) is 4.74 Å². The highest BCUT2D eigenvalue weighted by atomic mass is 32.2. The largest absolute Gasteiger partial charge is 0.446 e. The van der Waals surface area contributed by atoms with Gasteiger partial charge in [-0.3, -0.25) is 0 Å². The Morgan fingerprint density at radius 2 is 1.81 bits per heavy atom. The SMILES string of the molecule is CC.Cc1nn2c(NC3CCN(C(=O)OC(C)(C)C)CC3)cccc2c1SC(F)(F)F. The van der Waals surface area contributed by atoms with Crippen molar-refractivity contribution in [3.05, 3.63) is 23.9 Å². The first-order chi connectivity index (χ1) is 14.4. The smallest absolute Gasteiger partial charge is 0.444 e. The lowest BCUT2D eigenvalue weighted by atomic mass is 10.1. The summed E-state index contributed by atoms with van der Waals surface area (Å²) in [6.45, 7) is 12.2. The van der Waals surface area contributed by atoms with E-state index in [0.717, 1.165) is 0 Å². The summed E-state index contributed by atoms with van der Waals surface area (Å²) in [7, 11) is 0. The van der Waals surface area contributed by atoms with E-state index in [0.29, 0.717) is 43.0 Å². The summed E-state index contributed by atoms with van der Waals surface area (Å²) in [5.41, 5.74) is -4.15. The molecule has 2 aromatic heterocycles. The lowest BCUT2D eigenvalue weighted by Crippen LogP contribution is -2.44. The molecule has 10 heteroatoms. The lowest BCUT2D eigenvalue weighted by Gasteiger charge is -2.34. The van der Waals surface area contributed by atoms with Crippen LogP contribution >= 0.6 is 11.8 Å². The van der Waals surface area contributed by atoms with Gasteiger partial charge in [-0.05, 0) is 64.4 Å². The Morgan fingerprint density at radius 3 is 2.35 bits per heavy atom. The van der Waals surface area contributed by atoms with Crippen LogP contribution in [0.15, 0.2) is 23.1 Å². The van der Waals surface area contributed by atoms with Crippen molar-refractivity contribution in [2.45, 2.75) is 76.4 Å². The number of fused-ring (bicyclic) bond motifs is 1. The minimum absolute atomic E-state index is 0.0857. The predicted octanol–water partition coefficient (Wildman–Crippen LogP) is 6.09. The first kappa shape index (κ1) is 25.2. The predicted molar refractivity (Wildman–Crippen MR) is 118 cm³/mol. The van der Waals surface area contributed by atoms with Gasteiger partial charge < -0.3 is 15.0 Å². The second-order valence-corrected chi connectivity index (χ2v) is 9.13. The highest BCUT2D eigenvalue weighted by molar-refractivity contribution is 8.00. The van der Waals surface area contributed by atoms with Crippen LogP contribution in [0, 0.1) is 6.92 Å². The van der Waals surface area contributed by atoms with Gasteiger partial charge in [0.1, 0.15) is 11.4 Å². The number of hydrogen-bond acceptors (Lipinski definition) is 5. The van der Waals surface area contributed by atoms with Crippen molar-refractivity contribution in [2.75, 3.05) is 18.4 Å². The van der Waals surface area contributed by atoms with Crippen LogP contribution in [0.1, 0.15) is 53.2 Å². The Labute approximate surface area is 185 Å². The summed E-state index contributed by atoms with van der Waals surface area (Å²) in [6.07, 6.45) is 1.09. The van der Waals surface area contributed by atoms with E-state index in [1.165, 1.54) is 4.52 Å². The number of rotatable bonds is 3. The van der Waals surface area contributed by atoms with Crippen LogP contribution in [-0.2, 0) is 4.74 Å². The molecule has 3 rings (SSSR count). The molecular formula is C21H31F3N4O2S. The monoisotopic (exact) mass is 460 g/mol. The fourth-order valence-electron chi connectivity index (χ4n) is 3.25. The minimum atomic E-state index is -4.37. The number of thioether (sulfide) groups is 1. The highest BCUT2D eigenvalue weighted by Crippen LogP contribution is 2.41. The van der Waals surface area contributed by atoms with Crippen molar-refractivity contribution in [3.63, 3.8) is 0 Å². The molecule has 0 atom stereocenters. The Kier molecular flexibility index (Phi) is 8.13. The number of hydrogen-bond donors (Lipinski definition) is 1. The minimum Gasteiger partial charge on any atom is -0.444 e. The maximum Gasteiger partial charge on any atom is 0.446 e. The standard InChI is InChI=1S/C19H25F3N4O2S.C2H6/c1-12-16(29-19(20,21)22)14-6-5-7-15(26(14)24-12)23-13-8-10-25(11-9-13)17(27)28-18(2,3)4;1-2/h5-7,13,23H,8-11H2,1-4H3;1-2H3. The quantitative estimate of drug-likeness (QED) is 0.562. The van der Waals surface area contributed by atoms with E-state index in [-0.39, 0.29) is 28.8 Å². The third kappa shape index (κ3) is 6.95. The zero-order valence-corrected chi connectivity index (χ0v) is 19.7. The van der Waals surface area contributed by atoms with E-state index in [2.05, 4.69) is 10.4 Å². The number of likely N-dealkylation sites (tertiary alicyclic amines) is 1. The molecule has 0 unspecified atom stereocenters. The summed E-state index contributed by atoms with van der Waals surface area (Å²) >= 11 is -0.143. The molecule has 1 amide bonds. The average molecular weight is 461 g/mol. The number of anilines is 1. The number of aromatic nitrogens is 2. The van der Waals surface area contributed by atoms with Gasteiger partial charge in [0.25, 0.3) is 0 Å². The molecule has 1 aliphatic heterocycles. The van der Waals surface area contributed by atoms with E-state index >= 15 is 0 Å². The number of nitrogens with zero attached hydrogens (tertiary/aromatic N) is 3. The molecule has 2 aromatic rings. The van der Waals surface area contributed by atoms with Gasteiger partial charge in [0.2, 0.25) is 0 Å². The molecule has 6 nitrogen and oxygen atoms in total. The molecule has 31 heavy (non-hydrogen) atoms. The summed E-state index contributed by atoms with van der Waals surface area (Å²) in [5, 5.41) is 7.66. The van der Waals surface area contributed by atoms with Gasteiger partial charge in [-0.25, -0.2) is 9.31 Å². The third-order valence-electron chi connectivity index (χ3n) is 4.49. The number of nitrogens with one attached hydrogen (secondary N) is 1. The van der Waals surface area contributed by atoms with Gasteiger partial charge in [-0.1, -0.05) is 19.9 Å². The zero-order chi connectivity index (χ0) is 23.4. The van der Waals surface area contributed by atoms with Gasteiger partial charge in [-0.15, -0.1) is 0 Å². The molecule has 0 aromatic carbocycles. The van der Waals surface area contributed by atoms with Crippen molar-refractivity contribution < 1.29 is 22.7 Å². The summed E-state index contributed by atoms with van der Waals surface area (Å²) < 4.78 is 45.5.